The lowest BCUT2D eigenvalue weighted by Crippen LogP contribution is -1.98. The topological polar surface area (TPSA) is 120 Å². The summed E-state index contributed by atoms with van der Waals surface area (Å²) in [5.74, 6) is 1.74. The Kier molecular flexibility index (Phi) is 3.85. The van der Waals surface area contributed by atoms with Gasteiger partial charge in [-0.25, -0.2) is 0 Å². The number of H-pyrrole nitrogens is 1. The van der Waals surface area contributed by atoms with Gasteiger partial charge >= 0.3 is 5.69 Å². The summed E-state index contributed by atoms with van der Waals surface area (Å²) in [6.07, 6.45) is 4.03. The third kappa shape index (κ3) is 3.23. The minimum atomic E-state index is -0.499. The number of furan rings is 1. The molecule has 1 N–H and O–H groups in total. The summed E-state index contributed by atoms with van der Waals surface area (Å²) < 4.78 is 8.85. The highest BCUT2D eigenvalue weighted by Gasteiger charge is 2.10. The zero-order valence-corrected chi connectivity index (χ0v) is 12.7. The van der Waals surface area contributed by atoms with E-state index in [4.69, 9.17) is 16.6 Å². The average molecular weight is 333 g/mol. The van der Waals surface area contributed by atoms with Crippen LogP contribution in [0, 0.1) is 21.8 Å². The van der Waals surface area contributed by atoms with Gasteiger partial charge < -0.3 is 4.42 Å². The van der Waals surface area contributed by atoms with Gasteiger partial charge in [0.25, 0.3) is 0 Å². The van der Waals surface area contributed by atoms with Crippen LogP contribution in [0.15, 0.2) is 34.0 Å². The zero-order chi connectivity index (χ0) is 16.4. The molecule has 0 atom stereocenters. The van der Waals surface area contributed by atoms with Crippen molar-refractivity contribution in [2.45, 2.75) is 13.5 Å². The molecule has 0 spiro atoms. The van der Waals surface area contributed by atoms with Crippen molar-refractivity contribution in [3.63, 3.8) is 0 Å². The van der Waals surface area contributed by atoms with Gasteiger partial charge in [-0.05, 0) is 31.3 Å². The van der Waals surface area contributed by atoms with Crippen LogP contribution in [0.4, 0.5) is 5.69 Å². The molecule has 3 heterocycles. The molecule has 0 aliphatic carbocycles. The van der Waals surface area contributed by atoms with E-state index in [-0.39, 0.29) is 12.2 Å². The van der Waals surface area contributed by atoms with E-state index in [1.807, 2.05) is 0 Å². The van der Waals surface area contributed by atoms with Crippen molar-refractivity contribution in [3.05, 3.63) is 56.8 Å². The molecule has 0 aromatic carbocycles. The van der Waals surface area contributed by atoms with Crippen molar-refractivity contribution < 1.29 is 9.34 Å². The maximum atomic E-state index is 10.6. The molecule has 0 aliphatic rings. The second-order valence-corrected chi connectivity index (χ2v) is 4.98. The van der Waals surface area contributed by atoms with Crippen LogP contribution in [0.2, 0.25) is 0 Å². The van der Waals surface area contributed by atoms with Crippen molar-refractivity contribution in [1.29, 1.82) is 0 Å². The van der Waals surface area contributed by atoms with Gasteiger partial charge in [0.15, 0.2) is 0 Å². The smallest absolute Gasteiger partial charge is 0.307 e. The predicted octanol–water partition coefficient (Wildman–Crippen LogP) is 1.88. The lowest BCUT2D eigenvalue weighted by molar-refractivity contribution is -0.385. The fourth-order valence-electron chi connectivity index (χ4n) is 1.86. The first-order valence-electron chi connectivity index (χ1n) is 6.47. The zero-order valence-electron chi connectivity index (χ0n) is 11.9. The summed E-state index contributed by atoms with van der Waals surface area (Å²) in [6.45, 7) is 2.05. The van der Waals surface area contributed by atoms with Gasteiger partial charge in [-0.3, -0.25) is 19.9 Å². The van der Waals surface area contributed by atoms with E-state index in [1.165, 1.54) is 28.0 Å². The monoisotopic (exact) mass is 333 g/mol. The third-order valence-corrected chi connectivity index (χ3v) is 3.21. The van der Waals surface area contributed by atoms with Crippen molar-refractivity contribution in [2.24, 2.45) is 5.10 Å². The Hall–Kier alpha value is -3.08. The number of rotatable bonds is 5. The van der Waals surface area contributed by atoms with E-state index in [0.29, 0.717) is 22.1 Å². The summed E-state index contributed by atoms with van der Waals surface area (Å²) in [5.41, 5.74) is -0.0665. The molecule has 0 bridgehead atoms. The molecule has 0 amide bonds. The molecule has 11 heteroatoms. The van der Waals surface area contributed by atoms with Gasteiger partial charge in [-0.15, -0.1) is 0 Å². The Labute approximate surface area is 134 Å². The van der Waals surface area contributed by atoms with Crippen LogP contribution in [0.5, 0.6) is 0 Å². The van der Waals surface area contributed by atoms with E-state index < -0.39 is 4.92 Å². The van der Waals surface area contributed by atoms with E-state index >= 15 is 0 Å². The number of aromatic amines is 1. The maximum Gasteiger partial charge on any atom is 0.307 e. The van der Waals surface area contributed by atoms with Crippen LogP contribution < -0.4 is 0 Å². The second-order valence-electron chi connectivity index (χ2n) is 4.59. The summed E-state index contributed by atoms with van der Waals surface area (Å²) >= 11 is 5.04. The minimum Gasteiger partial charge on any atom is -0.458 e. The predicted molar refractivity (Wildman–Crippen MR) is 81.8 cm³/mol. The molecule has 10 nitrogen and oxygen atoms in total. The number of aromatic nitrogens is 5. The van der Waals surface area contributed by atoms with Crippen molar-refractivity contribution in [1.82, 2.24) is 24.7 Å². The molecule has 0 aliphatic heterocycles. The fraction of sp³-hybridized carbons (Fsp3) is 0.167. The van der Waals surface area contributed by atoms with E-state index in [9.17, 15) is 10.1 Å². The molecular weight excluding hydrogens is 322 g/mol. The second kappa shape index (κ2) is 5.96. The van der Waals surface area contributed by atoms with Crippen LogP contribution in [0.25, 0.3) is 0 Å². The lowest BCUT2D eigenvalue weighted by atomic mass is 10.4. The quantitative estimate of drug-likeness (QED) is 0.329. The molecule has 3 rings (SSSR count). The van der Waals surface area contributed by atoms with E-state index in [0.717, 1.165) is 0 Å². The molecule has 3 aromatic rings. The SMILES string of the molecule is Cc1n[nH]c(=S)n1N=Cc1ccc(Cn2cc([N+](=O)[O-])cn2)o1. The standard InChI is InChI=1S/C12H11N7O3S/c1-8-15-16-12(23)18(8)14-5-10-2-3-11(22-10)7-17-6-9(4-13-17)19(20)21/h2-6H,7H2,1H3,(H,16,23). The van der Waals surface area contributed by atoms with E-state index in [1.54, 1.807) is 19.1 Å². The summed E-state index contributed by atoms with van der Waals surface area (Å²) in [4.78, 5) is 10.1. The summed E-state index contributed by atoms with van der Waals surface area (Å²) in [6, 6.07) is 3.48. The first kappa shape index (κ1) is 14.8. The van der Waals surface area contributed by atoms with Gasteiger partial charge in [-0.1, -0.05) is 0 Å². The lowest BCUT2D eigenvalue weighted by Gasteiger charge is -1.96. The highest BCUT2D eigenvalue weighted by Crippen LogP contribution is 2.12. The van der Waals surface area contributed by atoms with Gasteiger partial charge in [-0.2, -0.15) is 20.0 Å². The van der Waals surface area contributed by atoms with Gasteiger partial charge in [0.1, 0.15) is 29.7 Å². The first-order chi connectivity index (χ1) is 11.0. The van der Waals surface area contributed by atoms with Crippen molar-refractivity contribution >= 4 is 24.1 Å². The molecule has 0 radical (unpaired) electrons. The molecule has 118 valence electrons. The normalized spacial score (nSPS) is 11.3. The number of aryl methyl sites for hydroxylation is 1. The highest BCUT2D eigenvalue weighted by molar-refractivity contribution is 7.71. The number of nitrogens with zero attached hydrogens (tertiary/aromatic N) is 6. The van der Waals surface area contributed by atoms with Gasteiger partial charge in [0, 0.05) is 0 Å². The Bertz CT molecular complexity index is 933. The molecule has 0 fully saturated rings. The Morgan fingerprint density at radius 2 is 2.39 bits per heavy atom. The highest BCUT2D eigenvalue weighted by atomic mass is 32.1. The molecular formula is C12H11N7O3S. The minimum absolute atomic E-state index is 0.0665. The maximum absolute atomic E-state index is 10.6. The van der Waals surface area contributed by atoms with Crippen molar-refractivity contribution in [3.8, 4) is 0 Å². The Balaban J connectivity index is 1.73. The number of hydrogen-bond acceptors (Lipinski definition) is 7. The van der Waals surface area contributed by atoms with Crippen LogP contribution in [-0.2, 0) is 6.54 Å². The molecule has 0 saturated carbocycles. The van der Waals surface area contributed by atoms with Crippen LogP contribution in [0.1, 0.15) is 17.3 Å². The average Bonchev–Trinajstić information content (AvgIpc) is 3.21. The van der Waals surface area contributed by atoms with Crippen LogP contribution in [-0.4, -0.2) is 35.8 Å². The number of nitrogens with one attached hydrogen (secondary N) is 1. The van der Waals surface area contributed by atoms with Crippen molar-refractivity contribution in [2.75, 3.05) is 0 Å². The van der Waals surface area contributed by atoms with Crippen LogP contribution in [0.3, 0.4) is 0 Å². The molecule has 3 aromatic heterocycles. The van der Waals surface area contributed by atoms with Gasteiger partial charge in [0.2, 0.25) is 4.77 Å². The Morgan fingerprint density at radius 1 is 1.57 bits per heavy atom. The van der Waals surface area contributed by atoms with Crippen LogP contribution >= 0.6 is 12.2 Å². The fourth-order valence-corrected chi connectivity index (χ4v) is 2.09. The van der Waals surface area contributed by atoms with E-state index in [2.05, 4.69) is 20.4 Å². The Morgan fingerprint density at radius 3 is 3.04 bits per heavy atom. The molecule has 23 heavy (non-hydrogen) atoms. The van der Waals surface area contributed by atoms with Gasteiger partial charge in [0.05, 0.1) is 17.7 Å². The molecule has 0 unspecified atom stereocenters. The largest absolute Gasteiger partial charge is 0.458 e. The first-order valence-corrected chi connectivity index (χ1v) is 6.87. The number of nitro groups is 1. The third-order valence-electron chi connectivity index (χ3n) is 2.94. The molecule has 0 saturated heterocycles. The number of hydrogen-bond donors (Lipinski definition) is 1. The summed E-state index contributed by atoms with van der Waals surface area (Å²) in [7, 11) is 0. The summed E-state index contributed by atoms with van der Waals surface area (Å²) in [5, 5.41) is 25.3.